The van der Waals surface area contributed by atoms with Crippen molar-refractivity contribution in [3.05, 3.63) is 65.5 Å². The van der Waals surface area contributed by atoms with Gasteiger partial charge in [-0.05, 0) is 24.3 Å². The Morgan fingerprint density at radius 3 is 2.06 bits per heavy atom. The van der Waals surface area contributed by atoms with Crippen molar-refractivity contribution < 1.29 is 18.0 Å². The molecule has 0 bridgehead atoms. The van der Waals surface area contributed by atoms with Crippen LogP contribution in [0, 0.1) is 17.5 Å². The lowest BCUT2D eigenvalue weighted by Gasteiger charge is -2.05. The Hall–Kier alpha value is -2.30. The normalized spacial score (nSPS) is 10.2. The van der Waals surface area contributed by atoms with Crippen LogP contribution >= 0.6 is 0 Å². The van der Waals surface area contributed by atoms with Crippen molar-refractivity contribution in [2.24, 2.45) is 0 Å². The largest absolute Gasteiger partial charge is 0.322 e. The first-order chi connectivity index (χ1) is 8.58. The van der Waals surface area contributed by atoms with Crippen LogP contribution in [-0.2, 0) is 0 Å². The summed E-state index contributed by atoms with van der Waals surface area (Å²) in [7, 11) is 0. The molecule has 0 unspecified atom stereocenters. The third-order valence-electron chi connectivity index (χ3n) is 2.28. The van der Waals surface area contributed by atoms with Gasteiger partial charge in [0.15, 0.2) is 17.5 Å². The van der Waals surface area contributed by atoms with E-state index in [-0.39, 0.29) is 5.56 Å². The zero-order chi connectivity index (χ0) is 13.1. The summed E-state index contributed by atoms with van der Waals surface area (Å²) < 4.78 is 38.6. The van der Waals surface area contributed by atoms with Crippen LogP contribution in [0.5, 0.6) is 0 Å². The summed E-state index contributed by atoms with van der Waals surface area (Å²) in [5.74, 6) is -5.09. The molecule has 2 nitrogen and oxygen atoms in total. The van der Waals surface area contributed by atoms with Gasteiger partial charge < -0.3 is 5.32 Å². The third kappa shape index (κ3) is 2.51. The van der Waals surface area contributed by atoms with Crippen LogP contribution in [0.4, 0.5) is 18.9 Å². The van der Waals surface area contributed by atoms with E-state index in [0.29, 0.717) is 17.8 Å². The Bertz CT molecular complexity index is 561. The average Bonchev–Trinajstić information content (AvgIpc) is 2.36. The second-order valence-electron chi connectivity index (χ2n) is 3.57. The lowest BCUT2D eigenvalue weighted by molar-refractivity contribution is 0.102. The van der Waals surface area contributed by atoms with Gasteiger partial charge in [-0.3, -0.25) is 4.79 Å². The highest BCUT2D eigenvalue weighted by Crippen LogP contribution is 2.15. The van der Waals surface area contributed by atoms with E-state index in [0.717, 1.165) is 0 Å². The van der Waals surface area contributed by atoms with Crippen LogP contribution in [0.25, 0.3) is 0 Å². The first kappa shape index (κ1) is 12.2. The van der Waals surface area contributed by atoms with Gasteiger partial charge in [-0.25, -0.2) is 13.2 Å². The summed E-state index contributed by atoms with van der Waals surface area (Å²) in [4.78, 5) is 11.7. The maximum absolute atomic E-state index is 12.9. The lowest BCUT2D eigenvalue weighted by atomic mass is 10.2. The number of nitrogens with one attached hydrogen (secondary N) is 1. The number of benzene rings is 2. The quantitative estimate of drug-likeness (QED) is 0.815. The van der Waals surface area contributed by atoms with Crippen LogP contribution in [0.1, 0.15) is 10.4 Å². The number of anilines is 1. The summed E-state index contributed by atoms with van der Waals surface area (Å²) in [5.41, 5.74) is 0.197. The molecule has 2 aromatic rings. The molecule has 0 saturated heterocycles. The molecule has 92 valence electrons. The number of hydrogen-bond donors (Lipinski definition) is 1. The smallest absolute Gasteiger partial charge is 0.255 e. The van der Waals surface area contributed by atoms with E-state index in [2.05, 4.69) is 5.32 Å². The molecular weight excluding hydrogens is 243 g/mol. The summed E-state index contributed by atoms with van der Waals surface area (Å²) in [6.45, 7) is 0. The maximum atomic E-state index is 12.9. The Balaban J connectivity index is 2.25. The topological polar surface area (TPSA) is 29.1 Å². The Morgan fingerprint density at radius 1 is 0.944 bits per heavy atom. The standard InChI is InChI=1S/C13H8F3NO/c14-10-6-8(7-11(15)12(10)16)13(18)17-9-4-2-1-3-5-9/h1-7H,(H,17,18). The molecule has 0 aromatic heterocycles. The molecule has 1 N–H and O–H groups in total. The molecule has 0 heterocycles. The number of rotatable bonds is 2. The first-order valence-corrected chi connectivity index (χ1v) is 5.09. The molecule has 2 rings (SSSR count). The summed E-state index contributed by atoms with van der Waals surface area (Å²) in [5, 5.41) is 2.44. The highest BCUT2D eigenvalue weighted by molar-refractivity contribution is 6.04. The molecule has 2 aromatic carbocycles. The van der Waals surface area contributed by atoms with Crippen LogP contribution < -0.4 is 5.32 Å². The van der Waals surface area contributed by atoms with E-state index in [4.69, 9.17) is 0 Å². The van der Waals surface area contributed by atoms with Crippen LogP contribution in [0.2, 0.25) is 0 Å². The van der Waals surface area contributed by atoms with Crippen LogP contribution in [0.15, 0.2) is 42.5 Å². The number of amides is 1. The zero-order valence-electron chi connectivity index (χ0n) is 9.08. The molecule has 0 saturated carbocycles. The van der Waals surface area contributed by atoms with Crippen molar-refractivity contribution in [2.45, 2.75) is 0 Å². The van der Waals surface area contributed by atoms with Crippen LogP contribution in [0.3, 0.4) is 0 Å². The minimum absolute atomic E-state index is 0.282. The minimum atomic E-state index is -1.59. The van der Waals surface area contributed by atoms with Crippen molar-refractivity contribution in [1.82, 2.24) is 0 Å². The maximum Gasteiger partial charge on any atom is 0.255 e. The van der Waals surface area contributed by atoms with E-state index in [1.807, 2.05) is 0 Å². The fraction of sp³-hybridized carbons (Fsp3) is 0. The van der Waals surface area contributed by atoms with Gasteiger partial charge in [0, 0.05) is 11.3 Å². The number of hydrogen-bond acceptors (Lipinski definition) is 1. The highest BCUT2D eigenvalue weighted by atomic mass is 19.2. The molecule has 5 heteroatoms. The second kappa shape index (κ2) is 4.91. The molecule has 0 aliphatic heterocycles. The number of carbonyl (C=O) groups is 1. The van der Waals surface area contributed by atoms with E-state index in [1.165, 1.54) is 0 Å². The number of halogens is 3. The van der Waals surface area contributed by atoms with Crippen molar-refractivity contribution in [3.63, 3.8) is 0 Å². The van der Waals surface area contributed by atoms with Gasteiger partial charge in [0.05, 0.1) is 0 Å². The van der Waals surface area contributed by atoms with Crippen LogP contribution in [-0.4, -0.2) is 5.91 Å². The van der Waals surface area contributed by atoms with E-state index < -0.39 is 23.4 Å². The summed E-state index contributed by atoms with van der Waals surface area (Å²) >= 11 is 0. The van der Waals surface area contributed by atoms with Gasteiger partial charge in [0.2, 0.25) is 0 Å². The predicted molar refractivity (Wildman–Crippen MR) is 60.7 cm³/mol. The molecule has 0 fully saturated rings. The molecule has 0 aliphatic carbocycles. The average molecular weight is 251 g/mol. The molecule has 18 heavy (non-hydrogen) atoms. The van der Waals surface area contributed by atoms with Gasteiger partial charge >= 0.3 is 0 Å². The lowest BCUT2D eigenvalue weighted by Crippen LogP contribution is -2.13. The van der Waals surface area contributed by atoms with E-state index >= 15 is 0 Å². The van der Waals surface area contributed by atoms with Gasteiger partial charge in [0.25, 0.3) is 5.91 Å². The van der Waals surface area contributed by atoms with Crippen molar-refractivity contribution in [1.29, 1.82) is 0 Å². The summed E-state index contributed by atoms with van der Waals surface area (Å²) in [6, 6.07) is 9.69. The first-order valence-electron chi connectivity index (χ1n) is 5.09. The monoisotopic (exact) mass is 251 g/mol. The molecule has 1 amide bonds. The van der Waals surface area contributed by atoms with Crippen molar-refractivity contribution >= 4 is 11.6 Å². The van der Waals surface area contributed by atoms with E-state index in [1.54, 1.807) is 30.3 Å². The highest BCUT2D eigenvalue weighted by Gasteiger charge is 2.14. The Labute approximate surface area is 101 Å². The van der Waals surface area contributed by atoms with Gasteiger partial charge in [-0.2, -0.15) is 0 Å². The third-order valence-corrected chi connectivity index (χ3v) is 2.28. The fourth-order valence-corrected chi connectivity index (χ4v) is 1.41. The predicted octanol–water partition coefficient (Wildman–Crippen LogP) is 3.36. The Kier molecular flexibility index (Phi) is 3.32. The van der Waals surface area contributed by atoms with Crippen molar-refractivity contribution in [2.75, 3.05) is 5.32 Å². The summed E-state index contributed by atoms with van der Waals surface area (Å²) in [6.07, 6.45) is 0. The molecule has 0 spiro atoms. The Morgan fingerprint density at radius 2 is 1.50 bits per heavy atom. The van der Waals surface area contributed by atoms with Gasteiger partial charge in [-0.1, -0.05) is 18.2 Å². The zero-order valence-corrected chi connectivity index (χ0v) is 9.08. The minimum Gasteiger partial charge on any atom is -0.322 e. The molecular formula is C13H8F3NO. The number of carbonyl (C=O) groups excluding carboxylic acids is 1. The van der Waals surface area contributed by atoms with Gasteiger partial charge in [0.1, 0.15) is 0 Å². The molecule has 0 atom stereocenters. The SMILES string of the molecule is O=C(Nc1ccccc1)c1cc(F)c(F)c(F)c1. The fourth-order valence-electron chi connectivity index (χ4n) is 1.41. The van der Waals surface area contributed by atoms with E-state index in [9.17, 15) is 18.0 Å². The number of para-hydroxylation sites is 1. The molecule has 0 aliphatic rings. The second-order valence-corrected chi connectivity index (χ2v) is 3.57. The van der Waals surface area contributed by atoms with Gasteiger partial charge in [-0.15, -0.1) is 0 Å². The molecule has 0 radical (unpaired) electrons. The van der Waals surface area contributed by atoms with Crippen molar-refractivity contribution in [3.8, 4) is 0 Å².